The Balaban J connectivity index is 1.46. The fraction of sp³-hybridized carbons (Fsp3) is 0.222. The zero-order chi connectivity index (χ0) is 16.4. The zero-order valence-electron chi connectivity index (χ0n) is 13.0. The van der Waals surface area contributed by atoms with Crippen molar-refractivity contribution in [1.82, 2.24) is 4.98 Å². The Kier molecular flexibility index (Phi) is 4.42. The fourth-order valence-corrected chi connectivity index (χ4v) is 4.61. The van der Waals surface area contributed by atoms with Crippen LogP contribution in [-0.2, 0) is 24.2 Å². The number of thiazole rings is 1. The molecule has 1 aromatic carbocycles. The number of rotatable bonds is 4. The van der Waals surface area contributed by atoms with Crippen molar-refractivity contribution >= 4 is 33.7 Å². The quantitative estimate of drug-likeness (QED) is 0.765. The molecule has 4 rings (SSSR count). The van der Waals surface area contributed by atoms with Crippen molar-refractivity contribution in [2.45, 2.75) is 19.4 Å². The van der Waals surface area contributed by atoms with Gasteiger partial charge in [-0.15, -0.1) is 22.7 Å². The summed E-state index contributed by atoms with van der Waals surface area (Å²) in [6.07, 6.45) is 3.47. The molecule has 0 fully saturated rings. The van der Waals surface area contributed by atoms with Crippen LogP contribution in [0.1, 0.15) is 31.2 Å². The zero-order valence-corrected chi connectivity index (χ0v) is 14.6. The van der Waals surface area contributed by atoms with Gasteiger partial charge < -0.3 is 4.74 Å². The number of thiophene rings is 1. The molecule has 6 heteroatoms. The third-order valence-corrected chi connectivity index (χ3v) is 5.87. The number of hydrogen-bond acceptors (Lipinski definition) is 5. The van der Waals surface area contributed by atoms with Gasteiger partial charge in [0.2, 0.25) is 0 Å². The van der Waals surface area contributed by atoms with E-state index in [1.165, 1.54) is 16.9 Å². The average Bonchev–Trinajstić information content (AvgIpc) is 3.22. The van der Waals surface area contributed by atoms with Gasteiger partial charge in [0.25, 0.3) is 5.91 Å². The molecule has 1 aliphatic rings. The van der Waals surface area contributed by atoms with Crippen molar-refractivity contribution in [3.63, 3.8) is 0 Å². The van der Waals surface area contributed by atoms with E-state index in [1.54, 1.807) is 11.3 Å². The van der Waals surface area contributed by atoms with Crippen molar-refractivity contribution in [3.8, 4) is 0 Å². The van der Waals surface area contributed by atoms with Crippen molar-refractivity contribution < 1.29 is 9.53 Å². The highest BCUT2D eigenvalue weighted by Gasteiger charge is 2.21. The van der Waals surface area contributed by atoms with Gasteiger partial charge in [0.05, 0.1) is 18.8 Å². The van der Waals surface area contributed by atoms with Crippen LogP contribution in [0.5, 0.6) is 0 Å². The van der Waals surface area contributed by atoms with E-state index in [1.807, 2.05) is 29.8 Å². The van der Waals surface area contributed by atoms with E-state index >= 15 is 0 Å². The molecule has 1 aliphatic heterocycles. The molecule has 0 saturated heterocycles. The van der Waals surface area contributed by atoms with Gasteiger partial charge in [0.1, 0.15) is 0 Å². The van der Waals surface area contributed by atoms with Crippen molar-refractivity contribution in [2.75, 3.05) is 11.9 Å². The summed E-state index contributed by atoms with van der Waals surface area (Å²) in [5.41, 5.74) is 3.13. The second-order valence-corrected chi connectivity index (χ2v) is 7.68. The Morgan fingerprint density at radius 1 is 1.29 bits per heavy atom. The fourth-order valence-electron chi connectivity index (χ4n) is 2.76. The van der Waals surface area contributed by atoms with E-state index in [0.717, 1.165) is 33.7 Å². The molecule has 122 valence electrons. The molecule has 0 spiro atoms. The minimum Gasteiger partial charge on any atom is -0.376 e. The van der Waals surface area contributed by atoms with E-state index in [4.69, 9.17) is 4.74 Å². The van der Waals surface area contributed by atoms with Gasteiger partial charge >= 0.3 is 0 Å². The van der Waals surface area contributed by atoms with Crippen LogP contribution < -0.4 is 5.32 Å². The first-order valence-corrected chi connectivity index (χ1v) is 9.46. The SMILES string of the molecule is O=C(Nc1ncc(Cc2ccccc2)s1)c1csc2c1CCOC2. The molecule has 3 heterocycles. The monoisotopic (exact) mass is 356 g/mol. The number of aromatic nitrogens is 1. The van der Waals surface area contributed by atoms with Gasteiger partial charge in [-0.1, -0.05) is 30.3 Å². The molecule has 0 aliphatic carbocycles. The molecule has 1 N–H and O–H groups in total. The third kappa shape index (κ3) is 3.26. The van der Waals surface area contributed by atoms with E-state index < -0.39 is 0 Å². The molecule has 0 radical (unpaired) electrons. The lowest BCUT2D eigenvalue weighted by molar-refractivity contribution is 0.101. The summed E-state index contributed by atoms with van der Waals surface area (Å²) in [7, 11) is 0. The average molecular weight is 356 g/mol. The molecule has 3 aromatic rings. The molecule has 1 amide bonds. The van der Waals surface area contributed by atoms with Gasteiger partial charge in [-0.05, 0) is 17.5 Å². The molecule has 0 bridgehead atoms. The third-order valence-electron chi connectivity index (χ3n) is 3.95. The maximum absolute atomic E-state index is 12.5. The highest BCUT2D eigenvalue weighted by molar-refractivity contribution is 7.15. The van der Waals surface area contributed by atoms with Gasteiger partial charge in [-0.25, -0.2) is 4.98 Å². The maximum atomic E-state index is 12.5. The van der Waals surface area contributed by atoms with Crippen LogP contribution in [0.2, 0.25) is 0 Å². The molecule has 0 unspecified atom stereocenters. The number of nitrogens with one attached hydrogen (secondary N) is 1. The first-order chi connectivity index (χ1) is 11.8. The van der Waals surface area contributed by atoms with Crippen LogP contribution in [0, 0.1) is 0 Å². The van der Waals surface area contributed by atoms with Crippen LogP contribution >= 0.6 is 22.7 Å². The number of nitrogens with zero attached hydrogens (tertiary/aromatic N) is 1. The largest absolute Gasteiger partial charge is 0.376 e. The first-order valence-electron chi connectivity index (χ1n) is 7.76. The molecule has 0 saturated carbocycles. The molecule has 4 nitrogen and oxygen atoms in total. The van der Waals surface area contributed by atoms with Crippen LogP contribution in [0.4, 0.5) is 5.13 Å². The van der Waals surface area contributed by atoms with E-state index in [9.17, 15) is 4.79 Å². The van der Waals surface area contributed by atoms with Gasteiger partial charge in [-0.3, -0.25) is 10.1 Å². The lowest BCUT2D eigenvalue weighted by atomic mass is 10.1. The topological polar surface area (TPSA) is 51.2 Å². The Bertz CT molecular complexity index is 855. The molecular weight excluding hydrogens is 340 g/mol. The van der Waals surface area contributed by atoms with Crippen LogP contribution in [0.15, 0.2) is 41.9 Å². The number of hydrogen-bond donors (Lipinski definition) is 1. The van der Waals surface area contributed by atoms with Crippen molar-refractivity contribution in [1.29, 1.82) is 0 Å². The highest BCUT2D eigenvalue weighted by Crippen LogP contribution is 2.29. The van der Waals surface area contributed by atoms with E-state index in [0.29, 0.717) is 18.3 Å². The number of amides is 1. The Morgan fingerprint density at radius 2 is 2.17 bits per heavy atom. The van der Waals surface area contributed by atoms with Crippen LogP contribution in [0.25, 0.3) is 0 Å². The minimum absolute atomic E-state index is 0.0741. The lowest BCUT2D eigenvalue weighted by Gasteiger charge is -2.13. The predicted molar refractivity (Wildman–Crippen MR) is 97.0 cm³/mol. The number of fused-ring (bicyclic) bond motifs is 1. The summed E-state index contributed by atoms with van der Waals surface area (Å²) in [5, 5.41) is 5.51. The maximum Gasteiger partial charge on any atom is 0.258 e. The van der Waals surface area contributed by atoms with Crippen LogP contribution in [0.3, 0.4) is 0 Å². The summed E-state index contributed by atoms with van der Waals surface area (Å²) in [5.74, 6) is -0.0741. The summed E-state index contributed by atoms with van der Waals surface area (Å²) < 4.78 is 5.44. The predicted octanol–water partition coefficient (Wildman–Crippen LogP) is 4.12. The molecule has 24 heavy (non-hydrogen) atoms. The minimum atomic E-state index is -0.0741. The standard InChI is InChI=1S/C18H16N2O2S2/c21-17(15-11-23-16-10-22-7-6-14(15)16)20-18-19-9-13(24-18)8-12-4-2-1-3-5-12/h1-5,9,11H,6-8,10H2,(H,19,20,21). The van der Waals surface area contributed by atoms with Crippen molar-refractivity contribution in [2.24, 2.45) is 0 Å². The summed E-state index contributed by atoms with van der Waals surface area (Å²) in [6, 6.07) is 10.3. The number of ether oxygens (including phenoxy) is 1. The Labute approximate surface area is 148 Å². The Hall–Kier alpha value is -2.02. The molecule has 0 atom stereocenters. The van der Waals surface area contributed by atoms with Crippen molar-refractivity contribution in [3.05, 3.63) is 68.4 Å². The number of anilines is 1. The summed E-state index contributed by atoms with van der Waals surface area (Å²) in [4.78, 5) is 19.2. The van der Waals surface area contributed by atoms with E-state index in [2.05, 4.69) is 22.4 Å². The lowest BCUT2D eigenvalue weighted by Crippen LogP contribution is -2.16. The van der Waals surface area contributed by atoms with Gasteiger partial charge in [-0.2, -0.15) is 0 Å². The van der Waals surface area contributed by atoms with Gasteiger partial charge in [0.15, 0.2) is 5.13 Å². The smallest absolute Gasteiger partial charge is 0.258 e. The second kappa shape index (κ2) is 6.84. The summed E-state index contributed by atoms with van der Waals surface area (Å²) in [6.45, 7) is 1.30. The first kappa shape index (κ1) is 15.5. The van der Waals surface area contributed by atoms with E-state index in [-0.39, 0.29) is 5.91 Å². The number of benzene rings is 1. The van der Waals surface area contributed by atoms with Gasteiger partial charge in [0, 0.05) is 27.8 Å². The highest BCUT2D eigenvalue weighted by atomic mass is 32.1. The summed E-state index contributed by atoms with van der Waals surface area (Å²) >= 11 is 3.12. The van der Waals surface area contributed by atoms with Crippen LogP contribution in [-0.4, -0.2) is 17.5 Å². The number of carbonyl (C=O) groups excluding carboxylic acids is 1. The second-order valence-electron chi connectivity index (χ2n) is 5.60. The molecular formula is C18H16N2O2S2. The number of carbonyl (C=O) groups is 1. The normalized spacial score (nSPS) is 13.5. The molecule has 2 aromatic heterocycles. The Morgan fingerprint density at radius 3 is 3.04 bits per heavy atom.